The van der Waals surface area contributed by atoms with Crippen molar-refractivity contribution >= 4 is 39.4 Å². The Labute approximate surface area is 167 Å². The highest BCUT2D eigenvalue weighted by molar-refractivity contribution is 9.10. The molecule has 2 N–H and O–H groups in total. The topological polar surface area (TPSA) is 78.0 Å². The number of piperidine rings is 1. The van der Waals surface area contributed by atoms with Crippen LogP contribution in [-0.2, 0) is 0 Å². The third kappa shape index (κ3) is 4.01. The fraction of sp³-hybridized carbons (Fsp3) is 0.526. The highest BCUT2D eigenvalue weighted by Crippen LogP contribution is 2.29. The maximum Gasteiger partial charge on any atom is 0.181 e. The minimum Gasteiger partial charge on any atom is -0.396 e. The molecule has 144 valence electrons. The summed E-state index contributed by atoms with van der Waals surface area (Å²) in [4.78, 5) is 16.1. The van der Waals surface area contributed by atoms with Gasteiger partial charge in [0.2, 0.25) is 0 Å². The standard InChI is InChI=1S/C19H25BrN6O/c20-16-12-23-19-18(22-11-14-4-3-7-21-10-14)24-17(13-26(16)19)25-8-2-1-5-15(25)6-9-27/h4,10,12-13,15,27H,1-3,5-9,11H2,(H,22,24). The van der Waals surface area contributed by atoms with Crippen molar-refractivity contribution in [3.63, 3.8) is 0 Å². The lowest BCUT2D eigenvalue weighted by atomic mass is 10.00. The van der Waals surface area contributed by atoms with Gasteiger partial charge in [0, 0.05) is 38.5 Å². The van der Waals surface area contributed by atoms with Crippen molar-refractivity contribution in [2.45, 2.75) is 38.1 Å². The zero-order valence-corrected chi connectivity index (χ0v) is 16.9. The normalized spacial score (nSPS) is 20.1. The van der Waals surface area contributed by atoms with Crippen molar-refractivity contribution in [3.05, 3.63) is 28.6 Å². The van der Waals surface area contributed by atoms with Gasteiger partial charge in [0.25, 0.3) is 0 Å². The van der Waals surface area contributed by atoms with E-state index in [2.05, 4.69) is 42.2 Å². The van der Waals surface area contributed by atoms with Crippen LogP contribution in [0.2, 0.25) is 0 Å². The number of aliphatic hydroxyl groups is 1. The first kappa shape index (κ1) is 18.4. The van der Waals surface area contributed by atoms with Gasteiger partial charge < -0.3 is 15.3 Å². The van der Waals surface area contributed by atoms with E-state index in [4.69, 9.17) is 4.98 Å². The number of rotatable bonds is 6. The van der Waals surface area contributed by atoms with Gasteiger partial charge in [0.1, 0.15) is 10.4 Å². The zero-order chi connectivity index (χ0) is 18.6. The van der Waals surface area contributed by atoms with Crippen molar-refractivity contribution in [2.75, 3.05) is 36.5 Å². The predicted molar refractivity (Wildman–Crippen MR) is 112 cm³/mol. The molecule has 1 atom stereocenters. The van der Waals surface area contributed by atoms with E-state index < -0.39 is 0 Å². The van der Waals surface area contributed by atoms with E-state index in [9.17, 15) is 5.11 Å². The second-order valence-corrected chi connectivity index (χ2v) is 7.85. The van der Waals surface area contributed by atoms with Gasteiger partial charge >= 0.3 is 0 Å². The predicted octanol–water partition coefficient (Wildman–Crippen LogP) is 3.05. The number of halogens is 1. The summed E-state index contributed by atoms with van der Waals surface area (Å²) in [6.45, 7) is 2.72. The molecule has 27 heavy (non-hydrogen) atoms. The Morgan fingerprint density at radius 2 is 2.26 bits per heavy atom. The Morgan fingerprint density at radius 1 is 1.33 bits per heavy atom. The third-order valence-corrected chi connectivity index (χ3v) is 5.79. The Hall–Kier alpha value is -1.93. The van der Waals surface area contributed by atoms with E-state index in [0.29, 0.717) is 12.6 Å². The lowest BCUT2D eigenvalue weighted by Crippen LogP contribution is -2.40. The van der Waals surface area contributed by atoms with Gasteiger partial charge in [-0.2, -0.15) is 0 Å². The van der Waals surface area contributed by atoms with E-state index >= 15 is 0 Å². The quantitative estimate of drug-likeness (QED) is 0.733. The van der Waals surface area contributed by atoms with Gasteiger partial charge in [-0.15, -0.1) is 0 Å². The van der Waals surface area contributed by atoms with Crippen molar-refractivity contribution in [1.29, 1.82) is 0 Å². The molecule has 0 aromatic carbocycles. The molecule has 7 nitrogen and oxygen atoms in total. The summed E-state index contributed by atoms with van der Waals surface area (Å²) >= 11 is 3.59. The van der Waals surface area contributed by atoms with Gasteiger partial charge in [-0.3, -0.25) is 9.39 Å². The number of hydrogen-bond donors (Lipinski definition) is 2. The van der Waals surface area contributed by atoms with Gasteiger partial charge in [-0.25, -0.2) is 9.97 Å². The zero-order valence-electron chi connectivity index (χ0n) is 15.3. The SMILES string of the molecule is OCCC1CCCCN1c1cn2c(Br)cnc2c(NCC2=CCCN=C2)n1. The number of fused-ring (bicyclic) bond motifs is 1. The van der Waals surface area contributed by atoms with Crippen molar-refractivity contribution in [3.8, 4) is 0 Å². The van der Waals surface area contributed by atoms with Crippen LogP contribution in [0.1, 0.15) is 32.1 Å². The molecule has 2 aromatic heterocycles. The van der Waals surface area contributed by atoms with Gasteiger partial charge in [-0.05, 0) is 53.6 Å². The molecule has 0 saturated carbocycles. The van der Waals surface area contributed by atoms with Crippen LogP contribution in [0.5, 0.6) is 0 Å². The monoisotopic (exact) mass is 432 g/mol. The van der Waals surface area contributed by atoms with E-state index in [-0.39, 0.29) is 6.61 Å². The number of hydrogen-bond acceptors (Lipinski definition) is 6. The molecule has 0 bridgehead atoms. The molecule has 0 radical (unpaired) electrons. The minimum atomic E-state index is 0.205. The molecular formula is C19H25BrN6O. The molecule has 0 spiro atoms. The molecule has 2 aliphatic heterocycles. The van der Waals surface area contributed by atoms with Crippen LogP contribution in [0, 0.1) is 0 Å². The van der Waals surface area contributed by atoms with E-state index in [1.54, 1.807) is 6.20 Å². The number of imidazole rings is 1. The number of anilines is 2. The smallest absolute Gasteiger partial charge is 0.181 e. The molecule has 1 saturated heterocycles. The number of nitrogens with zero attached hydrogens (tertiary/aromatic N) is 5. The summed E-state index contributed by atoms with van der Waals surface area (Å²) in [6, 6.07) is 0.331. The average molecular weight is 433 g/mol. The van der Waals surface area contributed by atoms with E-state index in [1.165, 1.54) is 12.0 Å². The summed E-state index contributed by atoms with van der Waals surface area (Å²) in [5.41, 5.74) is 1.98. The van der Waals surface area contributed by atoms with Crippen LogP contribution in [0.25, 0.3) is 5.65 Å². The molecule has 1 unspecified atom stereocenters. The molecule has 4 rings (SSSR count). The lowest BCUT2D eigenvalue weighted by molar-refractivity contribution is 0.262. The van der Waals surface area contributed by atoms with Crippen LogP contribution in [0.15, 0.2) is 33.6 Å². The lowest BCUT2D eigenvalue weighted by Gasteiger charge is -2.36. The summed E-state index contributed by atoms with van der Waals surface area (Å²) in [5, 5.41) is 12.9. The number of aromatic nitrogens is 3. The molecular weight excluding hydrogens is 408 g/mol. The number of aliphatic hydroxyl groups excluding tert-OH is 1. The van der Waals surface area contributed by atoms with Gasteiger partial charge in [0.05, 0.1) is 12.4 Å². The number of dihydropyridines is 1. The van der Waals surface area contributed by atoms with Crippen LogP contribution in [-0.4, -0.2) is 58.0 Å². The van der Waals surface area contributed by atoms with E-state index in [0.717, 1.165) is 60.7 Å². The summed E-state index contributed by atoms with van der Waals surface area (Å²) < 4.78 is 2.93. The fourth-order valence-electron chi connectivity index (χ4n) is 3.82. The molecule has 1 fully saturated rings. The molecule has 0 amide bonds. The van der Waals surface area contributed by atoms with Gasteiger partial charge in [-0.1, -0.05) is 6.08 Å². The van der Waals surface area contributed by atoms with Crippen molar-refractivity contribution in [1.82, 2.24) is 14.4 Å². The average Bonchev–Trinajstić information content (AvgIpc) is 3.09. The minimum absolute atomic E-state index is 0.205. The first-order valence-corrected chi connectivity index (χ1v) is 10.4. The summed E-state index contributed by atoms with van der Waals surface area (Å²) in [7, 11) is 0. The maximum absolute atomic E-state index is 9.45. The molecule has 8 heteroatoms. The summed E-state index contributed by atoms with van der Waals surface area (Å²) in [6.07, 6.45) is 13.2. The van der Waals surface area contributed by atoms with Gasteiger partial charge in [0.15, 0.2) is 11.5 Å². The Kier molecular flexibility index (Phi) is 5.73. The largest absolute Gasteiger partial charge is 0.396 e. The number of nitrogens with one attached hydrogen (secondary N) is 1. The highest BCUT2D eigenvalue weighted by Gasteiger charge is 2.24. The van der Waals surface area contributed by atoms with Crippen molar-refractivity contribution < 1.29 is 5.11 Å². The second-order valence-electron chi connectivity index (χ2n) is 7.03. The molecule has 2 aromatic rings. The number of aliphatic imine (C=N–C) groups is 1. The maximum atomic E-state index is 9.45. The van der Waals surface area contributed by atoms with Crippen LogP contribution in [0.3, 0.4) is 0 Å². The van der Waals surface area contributed by atoms with Crippen LogP contribution >= 0.6 is 15.9 Å². The highest BCUT2D eigenvalue weighted by atomic mass is 79.9. The Balaban J connectivity index is 1.65. The molecule has 0 aliphatic carbocycles. The molecule has 2 aliphatic rings. The van der Waals surface area contributed by atoms with Crippen LogP contribution in [0.4, 0.5) is 11.6 Å². The Morgan fingerprint density at radius 3 is 3.07 bits per heavy atom. The first-order valence-electron chi connectivity index (χ1n) is 9.60. The third-order valence-electron chi connectivity index (χ3n) is 5.20. The first-order chi connectivity index (χ1) is 13.3. The Bertz CT molecular complexity index is 859. The fourth-order valence-corrected chi connectivity index (χ4v) is 4.19. The summed E-state index contributed by atoms with van der Waals surface area (Å²) in [5.74, 6) is 1.69. The second kappa shape index (κ2) is 8.39. The molecule has 4 heterocycles. The van der Waals surface area contributed by atoms with Crippen molar-refractivity contribution in [2.24, 2.45) is 4.99 Å². The van der Waals surface area contributed by atoms with E-state index in [1.807, 2.05) is 16.8 Å². The van der Waals surface area contributed by atoms with Crippen LogP contribution < -0.4 is 10.2 Å².